The Kier molecular flexibility index (Phi) is 6.13. The summed E-state index contributed by atoms with van der Waals surface area (Å²) in [4.78, 5) is 17.7. The highest BCUT2D eigenvalue weighted by Gasteiger charge is 2.15. The highest BCUT2D eigenvalue weighted by molar-refractivity contribution is 7.92. The van der Waals surface area contributed by atoms with Crippen LogP contribution in [-0.2, 0) is 17.1 Å². The molecular formula is C22H17Cl2N3O3S2. The van der Waals surface area contributed by atoms with Gasteiger partial charge in [0.15, 0.2) is 4.80 Å². The molecule has 0 saturated heterocycles. The van der Waals surface area contributed by atoms with Crippen LogP contribution in [-0.4, -0.2) is 18.9 Å². The largest absolute Gasteiger partial charge is 0.319 e. The second-order valence-electron chi connectivity index (χ2n) is 7.02. The van der Waals surface area contributed by atoms with Crippen molar-refractivity contribution in [2.45, 2.75) is 11.8 Å². The Bertz CT molecular complexity index is 1520. The Labute approximate surface area is 198 Å². The van der Waals surface area contributed by atoms with E-state index < -0.39 is 15.9 Å². The minimum absolute atomic E-state index is 0.0645. The summed E-state index contributed by atoms with van der Waals surface area (Å²) in [5, 5.41) is 1.08. The van der Waals surface area contributed by atoms with E-state index in [1.165, 1.54) is 41.7 Å². The Morgan fingerprint density at radius 3 is 2.50 bits per heavy atom. The van der Waals surface area contributed by atoms with Crippen molar-refractivity contribution in [3.05, 3.63) is 86.6 Å². The lowest BCUT2D eigenvalue weighted by molar-refractivity contribution is 0.0998. The summed E-state index contributed by atoms with van der Waals surface area (Å²) < 4.78 is 30.5. The number of anilines is 1. The standard InChI is InChI=1S/C22H17Cl2N3O3S2/c1-13-18(24)10-11-19-20(13)27(2)22(31-19)25-21(28)14-4-3-5-16(12-14)26-32(29,30)17-8-6-15(23)7-9-17/h3-12,26H,1-2H3. The minimum atomic E-state index is -3.83. The first-order valence-corrected chi connectivity index (χ1v) is 12.4. The summed E-state index contributed by atoms with van der Waals surface area (Å²) in [5.74, 6) is -0.483. The van der Waals surface area contributed by atoms with Gasteiger partial charge in [0.25, 0.3) is 15.9 Å². The molecule has 4 rings (SSSR count). The number of carbonyl (C=O) groups is 1. The lowest BCUT2D eigenvalue weighted by Crippen LogP contribution is -2.15. The number of halogens is 2. The fraction of sp³-hybridized carbons (Fsp3) is 0.0909. The van der Waals surface area contributed by atoms with Gasteiger partial charge in [-0.2, -0.15) is 4.99 Å². The van der Waals surface area contributed by atoms with Crippen LogP contribution in [0.1, 0.15) is 15.9 Å². The second kappa shape index (κ2) is 8.71. The maximum atomic E-state index is 12.8. The molecule has 1 amide bonds. The van der Waals surface area contributed by atoms with Crippen molar-refractivity contribution >= 4 is 66.4 Å². The van der Waals surface area contributed by atoms with Crippen molar-refractivity contribution in [2.75, 3.05) is 4.72 Å². The van der Waals surface area contributed by atoms with Crippen LogP contribution in [0.2, 0.25) is 10.0 Å². The van der Waals surface area contributed by atoms with Crippen LogP contribution in [0.5, 0.6) is 0 Å². The van der Waals surface area contributed by atoms with Crippen LogP contribution in [0.25, 0.3) is 10.2 Å². The zero-order valence-electron chi connectivity index (χ0n) is 17.0. The minimum Gasteiger partial charge on any atom is -0.319 e. The number of amides is 1. The molecule has 10 heteroatoms. The van der Waals surface area contributed by atoms with Gasteiger partial charge in [0.05, 0.1) is 15.1 Å². The van der Waals surface area contributed by atoms with Crippen molar-refractivity contribution in [3.63, 3.8) is 0 Å². The van der Waals surface area contributed by atoms with Crippen LogP contribution in [0.3, 0.4) is 0 Å². The molecule has 1 N–H and O–H groups in total. The van der Waals surface area contributed by atoms with Crippen molar-refractivity contribution in [2.24, 2.45) is 12.0 Å². The smallest absolute Gasteiger partial charge is 0.279 e. The summed E-state index contributed by atoms with van der Waals surface area (Å²) >= 11 is 13.4. The maximum absolute atomic E-state index is 12.8. The van der Waals surface area contributed by atoms with Gasteiger partial charge >= 0.3 is 0 Å². The van der Waals surface area contributed by atoms with Crippen molar-refractivity contribution in [1.29, 1.82) is 0 Å². The molecule has 164 valence electrons. The van der Waals surface area contributed by atoms with E-state index in [4.69, 9.17) is 23.2 Å². The van der Waals surface area contributed by atoms with Gasteiger partial charge in [-0.3, -0.25) is 9.52 Å². The number of benzene rings is 3. The van der Waals surface area contributed by atoms with E-state index in [-0.39, 0.29) is 16.1 Å². The van der Waals surface area contributed by atoms with Gasteiger partial charge in [0, 0.05) is 28.3 Å². The molecule has 0 spiro atoms. The first-order valence-electron chi connectivity index (χ1n) is 9.38. The fourth-order valence-electron chi connectivity index (χ4n) is 3.21. The van der Waals surface area contributed by atoms with Gasteiger partial charge in [-0.1, -0.05) is 40.6 Å². The molecule has 0 saturated carbocycles. The average molecular weight is 506 g/mol. The van der Waals surface area contributed by atoms with E-state index in [0.29, 0.717) is 14.8 Å². The number of nitrogens with one attached hydrogen (secondary N) is 1. The molecule has 0 aliphatic carbocycles. The number of nitrogens with zero attached hydrogens (tertiary/aromatic N) is 2. The molecule has 0 unspecified atom stereocenters. The Hall–Kier alpha value is -2.65. The summed E-state index contributed by atoms with van der Waals surface area (Å²) in [5.41, 5.74) is 2.34. The molecule has 0 atom stereocenters. The monoisotopic (exact) mass is 505 g/mol. The van der Waals surface area contributed by atoms with Crippen molar-refractivity contribution in [3.8, 4) is 0 Å². The third-order valence-electron chi connectivity index (χ3n) is 4.83. The number of aryl methyl sites for hydroxylation is 2. The first kappa shape index (κ1) is 22.5. The predicted molar refractivity (Wildman–Crippen MR) is 129 cm³/mol. The van der Waals surface area contributed by atoms with Crippen LogP contribution in [0, 0.1) is 6.92 Å². The molecule has 0 radical (unpaired) electrons. The van der Waals surface area contributed by atoms with Gasteiger partial charge in [-0.15, -0.1) is 0 Å². The number of sulfonamides is 1. The molecule has 1 heterocycles. The van der Waals surface area contributed by atoms with E-state index in [2.05, 4.69) is 9.71 Å². The highest BCUT2D eigenvalue weighted by atomic mass is 35.5. The van der Waals surface area contributed by atoms with Crippen LogP contribution >= 0.6 is 34.5 Å². The van der Waals surface area contributed by atoms with Gasteiger partial charge in [-0.05, 0) is 67.1 Å². The fourth-order valence-corrected chi connectivity index (χ4v) is 5.61. The van der Waals surface area contributed by atoms with Gasteiger partial charge in [-0.25, -0.2) is 8.42 Å². The molecule has 0 aliphatic heterocycles. The zero-order chi connectivity index (χ0) is 23.0. The van der Waals surface area contributed by atoms with Crippen LogP contribution < -0.4 is 9.52 Å². The third-order valence-corrected chi connectivity index (χ3v) is 7.99. The third kappa shape index (κ3) is 4.45. The van der Waals surface area contributed by atoms with Gasteiger partial charge in [0.2, 0.25) is 0 Å². The number of hydrogen-bond donors (Lipinski definition) is 1. The normalized spacial score (nSPS) is 12.3. The van der Waals surface area contributed by atoms with E-state index in [0.717, 1.165) is 15.8 Å². The molecule has 4 aromatic rings. The summed E-state index contributed by atoms with van der Waals surface area (Å²) in [6.07, 6.45) is 0. The van der Waals surface area contributed by atoms with Crippen LogP contribution in [0.15, 0.2) is 70.6 Å². The quantitative estimate of drug-likeness (QED) is 0.403. The Morgan fingerprint density at radius 1 is 1.06 bits per heavy atom. The number of aromatic nitrogens is 1. The second-order valence-corrected chi connectivity index (χ2v) is 10.6. The van der Waals surface area contributed by atoms with E-state index in [1.807, 2.05) is 30.7 Å². The first-order chi connectivity index (χ1) is 15.2. The van der Waals surface area contributed by atoms with E-state index in [9.17, 15) is 13.2 Å². The number of carbonyl (C=O) groups excluding carboxylic acids is 1. The van der Waals surface area contributed by atoms with Crippen molar-refractivity contribution < 1.29 is 13.2 Å². The summed E-state index contributed by atoms with van der Waals surface area (Å²) in [7, 11) is -2.01. The lowest BCUT2D eigenvalue weighted by atomic mass is 10.2. The van der Waals surface area contributed by atoms with Crippen LogP contribution in [0.4, 0.5) is 5.69 Å². The Morgan fingerprint density at radius 2 is 1.78 bits per heavy atom. The van der Waals surface area contributed by atoms with Gasteiger partial charge < -0.3 is 4.57 Å². The average Bonchev–Trinajstić information content (AvgIpc) is 3.07. The number of fused-ring (bicyclic) bond motifs is 1. The summed E-state index contributed by atoms with van der Waals surface area (Å²) in [6, 6.07) is 15.7. The molecule has 6 nitrogen and oxygen atoms in total. The Balaban J connectivity index is 1.66. The molecule has 0 bridgehead atoms. The molecule has 1 aromatic heterocycles. The van der Waals surface area contributed by atoms with Gasteiger partial charge in [0.1, 0.15) is 0 Å². The molecule has 0 fully saturated rings. The highest BCUT2D eigenvalue weighted by Crippen LogP contribution is 2.26. The molecular weight excluding hydrogens is 489 g/mol. The lowest BCUT2D eigenvalue weighted by Gasteiger charge is -2.09. The number of hydrogen-bond acceptors (Lipinski definition) is 4. The SMILES string of the molecule is Cc1c(Cl)ccc2sc(=NC(=O)c3cccc(NS(=O)(=O)c4ccc(Cl)cc4)c3)n(C)c12. The topological polar surface area (TPSA) is 80.5 Å². The predicted octanol–water partition coefficient (Wildman–Crippen LogP) is 5.40. The maximum Gasteiger partial charge on any atom is 0.279 e. The zero-order valence-corrected chi connectivity index (χ0v) is 20.1. The van der Waals surface area contributed by atoms with E-state index in [1.54, 1.807) is 18.2 Å². The van der Waals surface area contributed by atoms with Crippen molar-refractivity contribution in [1.82, 2.24) is 4.57 Å². The molecule has 3 aromatic carbocycles. The summed E-state index contributed by atoms with van der Waals surface area (Å²) in [6.45, 7) is 1.92. The number of thiazole rings is 1. The molecule has 32 heavy (non-hydrogen) atoms. The van der Waals surface area contributed by atoms with E-state index >= 15 is 0 Å². The number of rotatable bonds is 4. The molecule has 0 aliphatic rings.